The third kappa shape index (κ3) is 3.55. The van der Waals surface area contributed by atoms with Crippen molar-refractivity contribution >= 4 is 11.6 Å². The molecule has 94 valence electrons. The number of anilines is 1. The van der Waals surface area contributed by atoms with Gasteiger partial charge in [-0.25, -0.2) is 0 Å². The number of amides is 1. The van der Waals surface area contributed by atoms with Crippen LogP contribution in [-0.2, 0) is 9.53 Å². The first-order chi connectivity index (χ1) is 8.78. The molecule has 5 nitrogen and oxygen atoms in total. The molecule has 1 aromatic rings. The molecule has 1 aromatic carbocycles. The quantitative estimate of drug-likeness (QED) is 0.856. The van der Waals surface area contributed by atoms with E-state index in [1.807, 2.05) is 6.07 Å². The Labute approximate surface area is 106 Å². The van der Waals surface area contributed by atoms with Crippen molar-refractivity contribution in [2.45, 2.75) is 0 Å². The van der Waals surface area contributed by atoms with Gasteiger partial charge in [-0.15, -0.1) is 0 Å². The predicted octanol–water partition coefficient (Wildman–Crippen LogP) is 0.829. The van der Waals surface area contributed by atoms with Crippen molar-refractivity contribution in [1.29, 1.82) is 5.26 Å². The molecular formula is C13H15N3O2. The van der Waals surface area contributed by atoms with E-state index in [0.717, 1.165) is 13.1 Å². The minimum absolute atomic E-state index is 0.0402. The summed E-state index contributed by atoms with van der Waals surface area (Å²) < 4.78 is 5.22. The Balaban J connectivity index is 1.84. The van der Waals surface area contributed by atoms with Crippen LogP contribution in [0.2, 0.25) is 0 Å². The molecule has 0 saturated carbocycles. The second kappa shape index (κ2) is 6.15. The standard InChI is InChI=1S/C13H15N3O2/c14-9-11-1-3-12(4-2-11)15-13(17)10-16-5-7-18-8-6-16/h1-4H,5-8,10H2,(H,15,17). The molecule has 1 N–H and O–H groups in total. The monoisotopic (exact) mass is 245 g/mol. The van der Waals surface area contributed by atoms with E-state index in [1.54, 1.807) is 24.3 Å². The van der Waals surface area contributed by atoms with Gasteiger partial charge in [-0.05, 0) is 24.3 Å². The molecule has 18 heavy (non-hydrogen) atoms. The summed E-state index contributed by atoms with van der Waals surface area (Å²) in [5, 5.41) is 11.5. The lowest BCUT2D eigenvalue weighted by Crippen LogP contribution is -2.41. The van der Waals surface area contributed by atoms with Gasteiger partial charge in [0.25, 0.3) is 0 Å². The average Bonchev–Trinajstić information content (AvgIpc) is 2.40. The lowest BCUT2D eigenvalue weighted by molar-refractivity contribution is -0.118. The Bertz CT molecular complexity index is 444. The molecule has 1 heterocycles. The summed E-state index contributed by atoms with van der Waals surface area (Å²) in [7, 11) is 0. The number of morpholine rings is 1. The van der Waals surface area contributed by atoms with E-state index in [-0.39, 0.29) is 5.91 Å². The molecule has 0 bridgehead atoms. The van der Waals surface area contributed by atoms with E-state index < -0.39 is 0 Å². The van der Waals surface area contributed by atoms with E-state index in [0.29, 0.717) is 31.0 Å². The van der Waals surface area contributed by atoms with Gasteiger partial charge in [-0.2, -0.15) is 5.26 Å². The number of nitrogens with zero attached hydrogens (tertiary/aromatic N) is 2. The summed E-state index contributed by atoms with van der Waals surface area (Å²) in [6.07, 6.45) is 0. The van der Waals surface area contributed by atoms with E-state index in [1.165, 1.54) is 0 Å². The molecule has 1 aliphatic rings. The molecule has 5 heteroatoms. The normalized spacial score (nSPS) is 15.9. The van der Waals surface area contributed by atoms with Crippen LogP contribution in [-0.4, -0.2) is 43.7 Å². The van der Waals surface area contributed by atoms with Gasteiger partial charge < -0.3 is 10.1 Å². The lowest BCUT2D eigenvalue weighted by atomic mass is 10.2. The minimum Gasteiger partial charge on any atom is -0.379 e. The Morgan fingerprint density at radius 3 is 2.61 bits per heavy atom. The number of rotatable bonds is 3. The topological polar surface area (TPSA) is 65.4 Å². The van der Waals surface area contributed by atoms with E-state index in [4.69, 9.17) is 10.00 Å². The van der Waals surface area contributed by atoms with Gasteiger partial charge in [0.05, 0.1) is 31.4 Å². The number of carbonyl (C=O) groups excluding carboxylic acids is 1. The molecular weight excluding hydrogens is 230 g/mol. The maximum Gasteiger partial charge on any atom is 0.238 e. The summed E-state index contributed by atoms with van der Waals surface area (Å²) in [6.45, 7) is 3.33. The van der Waals surface area contributed by atoms with Gasteiger partial charge in [-0.3, -0.25) is 9.69 Å². The Morgan fingerprint density at radius 1 is 1.33 bits per heavy atom. The predicted molar refractivity (Wildman–Crippen MR) is 67.0 cm³/mol. The highest BCUT2D eigenvalue weighted by molar-refractivity contribution is 5.92. The molecule has 0 aromatic heterocycles. The lowest BCUT2D eigenvalue weighted by Gasteiger charge is -2.25. The Hall–Kier alpha value is -1.90. The first-order valence-corrected chi connectivity index (χ1v) is 5.88. The van der Waals surface area contributed by atoms with Crippen LogP contribution in [0.25, 0.3) is 0 Å². The van der Waals surface area contributed by atoms with Crippen molar-refractivity contribution in [2.75, 3.05) is 38.2 Å². The molecule has 0 aliphatic carbocycles. The molecule has 1 amide bonds. The van der Waals surface area contributed by atoms with Crippen LogP contribution in [0.5, 0.6) is 0 Å². The zero-order chi connectivity index (χ0) is 12.8. The zero-order valence-corrected chi connectivity index (χ0v) is 10.1. The van der Waals surface area contributed by atoms with Gasteiger partial charge in [0, 0.05) is 18.8 Å². The fourth-order valence-corrected chi connectivity index (χ4v) is 1.79. The fourth-order valence-electron chi connectivity index (χ4n) is 1.79. The first-order valence-electron chi connectivity index (χ1n) is 5.88. The smallest absolute Gasteiger partial charge is 0.238 e. The van der Waals surface area contributed by atoms with Gasteiger partial charge >= 0.3 is 0 Å². The third-order valence-corrected chi connectivity index (χ3v) is 2.77. The SMILES string of the molecule is N#Cc1ccc(NC(=O)CN2CCOCC2)cc1. The van der Waals surface area contributed by atoms with Crippen molar-refractivity contribution in [2.24, 2.45) is 0 Å². The molecule has 1 saturated heterocycles. The number of hydrogen-bond donors (Lipinski definition) is 1. The zero-order valence-electron chi connectivity index (χ0n) is 10.1. The summed E-state index contributed by atoms with van der Waals surface area (Å²) in [4.78, 5) is 13.8. The van der Waals surface area contributed by atoms with E-state index >= 15 is 0 Å². The Morgan fingerprint density at radius 2 is 2.00 bits per heavy atom. The van der Waals surface area contributed by atoms with Crippen LogP contribution in [0.15, 0.2) is 24.3 Å². The number of hydrogen-bond acceptors (Lipinski definition) is 4. The summed E-state index contributed by atoms with van der Waals surface area (Å²) >= 11 is 0. The number of nitrogens with one attached hydrogen (secondary N) is 1. The van der Waals surface area contributed by atoms with Gasteiger partial charge in [0.1, 0.15) is 0 Å². The number of carbonyl (C=O) groups is 1. The molecule has 0 spiro atoms. The van der Waals surface area contributed by atoms with Gasteiger partial charge in [0.15, 0.2) is 0 Å². The van der Waals surface area contributed by atoms with Crippen LogP contribution < -0.4 is 5.32 Å². The molecule has 0 atom stereocenters. The van der Waals surface area contributed by atoms with Crippen LogP contribution in [0, 0.1) is 11.3 Å². The third-order valence-electron chi connectivity index (χ3n) is 2.77. The van der Waals surface area contributed by atoms with Crippen LogP contribution in [0.3, 0.4) is 0 Å². The minimum atomic E-state index is -0.0402. The second-order valence-electron chi connectivity index (χ2n) is 4.13. The molecule has 1 aliphatic heterocycles. The maximum atomic E-state index is 11.8. The van der Waals surface area contributed by atoms with Crippen LogP contribution in [0.1, 0.15) is 5.56 Å². The average molecular weight is 245 g/mol. The summed E-state index contributed by atoms with van der Waals surface area (Å²) in [5.74, 6) is -0.0402. The highest BCUT2D eigenvalue weighted by Crippen LogP contribution is 2.08. The second-order valence-corrected chi connectivity index (χ2v) is 4.13. The highest BCUT2D eigenvalue weighted by Gasteiger charge is 2.13. The number of nitriles is 1. The molecule has 0 radical (unpaired) electrons. The molecule has 2 rings (SSSR count). The van der Waals surface area contributed by atoms with E-state index in [2.05, 4.69) is 10.2 Å². The number of benzene rings is 1. The van der Waals surface area contributed by atoms with Crippen molar-refractivity contribution in [3.8, 4) is 6.07 Å². The fraction of sp³-hybridized carbons (Fsp3) is 0.385. The van der Waals surface area contributed by atoms with Crippen molar-refractivity contribution in [3.63, 3.8) is 0 Å². The molecule has 1 fully saturated rings. The van der Waals surface area contributed by atoms with Crippen molar-refractivity contribution < 1.29 is 9.53 Å². The van der Waals surface area contributed by atoms with Crippen LogP contribution in [0.4, 0.5) is 5.69 Å². The first kappa shape index (κ1) is 12.6. The molecule has 0 unspecified atom stereocenters. The largest absolute Gasteiger partial charge is 0.379 e. The van der Waals surface area contributed by atoms with Gasteiger partial charge in [0.2, 0.25) is 5.91 Å². The summed E-state index contributed by atoms with van der Waals surface area (Å²) in [5.41, 5.74) is 1.30. The van der Waals surface area contributed by atoms with Crippen molar-refractivity contribution in [3.05, 3.63) is 29.8 Å². The Kier molecular flexibility index (Phi) is 4.29. The summed E-state index contributed by atoms with van der Waals surface area (Å²) in [6, 6.07) is 8.87. The van der Waals surface area contributed by atoms with Crippen LogP contribution >= 0.6 is 0 Å². The number of ether oxygens (including phenoxy) is 1. The van der Waals surface area contributed by atoms with Crippen molar-refractivity contribution in [1.82, 2.24) is 4.90 Å². The highest BCUT2D eigenvalue weighted by atomic mass is 16.5. The maximum absolute atomic E-state index is 11.8. The van der Waals surface area contributed by atoms with Gasteiger partial charge in [-0.1, -0.05) is 0 Å². The van der Waals surface area contributed by atoms with E-state index in [9.17, 15) is 4.79 Å².